The first kappa shape index (κ1) is 22.4. The number of ether oxygens (including phenoxy) is 2. The number of anilines is 2. The molecule has 1 saturated carbocycles. The summed E-state index contributed by atoms with van der Waals surface area (Å²) in [6, 6.07) is 8.63. The number of benzene rings is 1. The Hall–Kier alpha value is -3.36. The first-order valence-corrected chi connectivity index (χ1v) is 11.6. The molecule has 2 saturated heterocycles. The van der Waals surface area contributed by atoms with Crippen LogP contribution in [0.25, 0.3) is 11.1 Å². The van der Waals surface area contributed by atoms with Gasteiger partial charge in [-0.05, 0) is 58.0 Å². The highest BCUT2D eigenvalue weighted by Crippen LogP contribution is 2.46. The lowest BCUT2D eigenvalue weighted by molar-refractivity contribution is 0.0518. The van der Waals surface area contributed by atoms with Crippen molar-refractivity contribution in [3.8, 4) is 11.1 Å². The predicted octanol–water partition coefficient (Wildman–Crippen LogP) is 4.19. The van der Waals surface area contributed by atoms with E-state index in [9.17, 15) is 14.0 Å². The molecule has 1 aromatic carbocycles. The average Bonchev–Trinajstić information content (AvgIpc) is 3.08. The topological polar surface area (TPSA) is 84.0 Å². The van der Waals surface area contributed by atoms with Gasteiger partial charge in [0.2, 0.25) is 0 Å². The molecule has 0 spiro atoms. The Morgan fingerprint density at radius 3 is 2.47 bits per heavy atom. The second-order valence-electron chi connectivity index (χ2n) is 10.3. The van der Waals surface area contributed by atoms with E-state index < -0.39 is 17.5 Å². The highest BCUT2D eigenvalue weighted by molar-refractivity contribution is 5.90. The minimum Gasteiger partial charge on any atom is -0.444 e. The summed E-state index contributed by atoms with van der Waals surface area (Å²) >= 11 is 0. The zero-order chi connectivity index (χ0) is 24.2. The van der Waals surface area contributed by atoms with Crippen molar-refractivity contribution in [2.45, 2.75) is 45.4 Å². The maximum Gasteiger partial charge on any atom is 0.414 e. The van der Waals surface area contributed by atoms with E-state index in [1.807, 2.05) is 32.9 Å². The monoisotopic (exact) mass is 468 g/mol. The van der Waals surface area contributed by atoms with Crippen LogP contribution >= 0.6 is 0 Å². The maximum absolute atomic E-state index is 14.9. The Labute approximate surface area is 198 Å². The van der Waals surface area contributed by atoms with Crippen molar-refractivity contribution in [2.24, 2.45) is 11.8 Å². The number of rotatable bonds is 4. The van der Waals surface area contributed by atoms with Crippen molar-refractivity contribution in [3.63, 3.8) is 0 Å². The van der Waals surface area contributed by atoms with Gasteiger partial charge in [-0.25, -0.2) is 19.0 Å². The van der Waals surface area contributed by atoms with Crippen LogP contribution in [0.15, 0.2) is 36.5 Å². The lowest BCUT2D eigenvalue weighted by atomic mass is 10.1. The zero-order valence-corrected chi connectivity index (χ0v) is 19.7. The third kappa shape index (κ3) is 4.38. The minimum atomic E-state index is -0.510. The summed E-state index contributed by atoms with van der Waals surface area (Å²) in [5.41, 5.74) is 1.06. The number of carbonyl (C=O) groups is 2. The summed E-state index contributed by atoms with van der Waals surface area (Å²) in [4.78, 5) is 32.1. The normalized spacial score (nSPS) is 25.7. The molecular weight excluding hydrogens is 439 g/mol. The van der Waals surface area contributed by atoms with Crippen LogP contribution in [0.2, 0.25) is 0 Å². The Morgan fingerprint density at radius 1 is 1.18 bits per heavy atom. The molecule has 9 heteroatoms. The van der Waals surface area contributed by atoms with Crippen LogP contribution < -0.4 is 15.1 Å². The van der Waals surface area contributed by atoms with Gasteiger partial charge in [-0.3, -0.25) is 4.90 Å². The zero-order valence-electron chi connectivity index (χ0n) is 19.7. The number of alkyl carbamates (subject to hydrolysis) is 1. The number of halogens is 1. The summed E-state index contributed by atoms with van der Waals surface area (Å²) in [6.45, 7) is 9.37. The fraction of sp³-hybridized carbons (Fsp3) is 0.480. The smallest absolute Gasteiger partial charge is 0.414 e. The summed E-state index contributed by atoms with van der Waals surface area (Å²) < 4.78 is 25.3. The van der Waals surface area contributed by atoms with Crippen molar-refractivity contribution < 1.29 is 23.5 Å². The SMILES string of the molecule is C[C@@H]1CN(c2ccc(-c3ccc(N4C[C@@H]5C(NC(=O)OC(C)(C)C)[C@@H]5C4)nc3)c(F)c2)C(=O)O1. The van der Waals surface area contributed by atoms with Gasteiger partial charge in [0, 0.05) is 48.3 Å². The Balaban J connectivity index is 1.20. The second kappa shape index (κ2) is 8.14. The highest BCUT2D eigenvalue weighted by atomic mass is 19.1. The lowest BCUT2D eigenvalue weighted by Gasteiger charge is -2.23. The summed E-state index contributed by atoms with van der Waals surface area (Å²) in [5, 5.41) is 2.97. The van der Waals surface area contributed by atoms with Crippen LogP contribution in [0.4, 0.5) is 25.5 Å². The Kier molecular flexibility index (Phi) is 5.37. The van der Waals surface area contributed by atoms with Crippen LogP contribution in [-0.4, -0.2) is 54.6 Å². The van der Waals surface area contributed by atoms with Crippen LogP contribution in [-0.2, 0) is 9.47 Å². The molecule has 5 rings (SSSR count). The van der Waals surface area contributed by atoms with Gasteiger partial charge < -0.3 is 19.7 Å². The van der Waals surface area contributed by atoms with Crippen LogP contribution in [0, 0.1) is 17.7 Å². The summed E-state index contributed by atoms with van der Waals surface area (Å²) in [7, 11) is 0. The largest absolute Gasteiger partial charge is 0.444 e. The number of hydrogen-bond acceptors (Lipinski definition) is 6. The molecule has 3 heterocycles. The molecule has 1 aromatic heterocycles. The van der Waals surface area contributed by atoms with E-state index in [0.29, 0.717) is 35.2 Å². The fourth-order valence-corrected chi connectivity index (χ4v) is 4.83. The van der Waals surface area contributed by atoms with Gasteiger partial charge >= 0.3 is 12.2 Å². The molecular formula is C25H29FN4O4. The number of nitrogens with one attached hydrogen (secondary N) is 1. The quantitative estimate of drug-likeness (QED) is 0.724. The molecule has 2 aliphatic heterocycles. The number of amides is 2. The third-order valence-corrected chi connectivity index (χ3v) is 6.49. The number of hydrogen-bond donors (Lipinski definition) is 1. The minimum absolute atomic E-state index is 0.147. The molecule has 2 amide bonds. The van der Waals surface area contributed by atoms with E-state index in [1.165, 1.54) is 11.0 Å². The van der Waals surface area contributed by atoms with Crippen molar-refractivity contribution in [2.75, 3.05) is 29.4 Å². The lowest BCUT2D eigenvalue weighted by Crippen LogP contribution is -2.38. The number of piperidine rings is 1. The Bertz CT molecular complexity index is 1100. The van der Waals surface area contributed by atoms with Gasteiger partial charge in [0.15, 0.2) is 0 Å². The molecule has 34 heavy (non-hydrogen) atoms. The number of fused-ring (bicyclic) bond motifs is 1. The van der Waals surface area contributed by atoms with Crippen molar-refractivity contribution in [1.82, 2.24) is 10.3 Å². The fourth-order valence-electron chi connectivity index (χ4n) is 4.83. The van der Waals surface area contributed by atoms with E-state index in [1.54, 1.807) is 25.3 Å². The molecule has 3 aliphatic rings. The maximum atomic E-state index is 14.9. The molecule has 1 aliphatic carbocycles. The van der Waals surface area contributed by atoms with Crippen LogP contribution in [0.1, 0.15) is 27.7 Å². The highest BCUT2D eigenvalue weighted by Gasteiger charge is 2.57. The van der Waals surface area contributed by atoms with E-state index in [4.69, 9.17) is 9.47 Å². The van der Waals surface area contributed by atoms with Gasteiger partial charge in [0.25, 0.3) is 0 Å². The Morgan fingerprint density at radius 2 is 1.91 bits per heavy atom. The van der Waals surface area contributed by atoms with Gasteiger partial charge in [-0.15, -0.1) is 0 Å². The molecule has 8 nitrogen and oxygen atoms in total. The van der Waals surface area contributed by atoms with Crippen LogP contribution in [0.5, 0.6) is 0 Å². The summed E-state index contributed by atoms with van der Waals surface area (Å²) in [5.74, 6) is 1.19. The first-order chi connectivity index (χ1) is 16.1. The average molecular weight is 469 g/mol. The van der Waals surface area contributed by atoms with Crippen LogP contribution in [0.3, 0.4) is 0 Å². The van der Waals surface area contributed by atoms with Gasteiger partial charge in [-0.2, -0.15) is 0 Å². The van der Waals surface area contributed by atoms with E-state index >= 15 is 0 Å². The molecule has 4 atom stereocenters. The molecule has 180 valence electrons. The molecule has 1 N–H and O–H groups in total. The number of pyridine rings is 1. The van der Waals surface area contributed by atoms with Gasteiger partial charge in [0.05, 0.1) is 12.2 Å². The molecule has 0 radical (unpaired) electrons. The third-order valence-electron chi connectivity index (χ3n) is 6.49. The van der Waals surface area contributed by atoms with E-state index in [0.717, 1.165) is 18.9 Å². The molecule has 2 aromatic rings. The van der Waals surface area contributed by atoms with E-state index in [-0.39, 0.29) is 18.2 Å². The van der Waals surface area contributed by atoms with Crippen molar-refractivity contribution in [1.29, 1.82) is 0 Å². The summed E-state index contributed by atoms with van der Waals surface area (Å²) in [6.07, 6.45) is 0.620. The van der Waals surface area contributed by atoms with Gasteiger partial charge in [0.1, 0.15) is 23.3 Å². The molecule has 0 bridgehead atoms. The van der Waals surface area contributed by atoms with Crippen molar-refractivity contribution >= 4 is 23.7 Å². The first-order valence-electron chi connectivity index (χ1n) is 11.6. The number of cyclic esters (lactones) is 1. The molecule has 1 unspecified atom stereocenters. The number of carbonyl (C=O) groups excluding carboxylic acids is 2. The number of nitrogens with zero attached hydrogens (tertiary/aromatic N) is 3. The molecule has 3 fully saturated rings. The van der Waals surface area contributed by atoms with E-state index in [2.05, 4.69) is 15.2 Å². The second-order valence-corrected chi connectivity index (χ2v) is 10.3. The predicted molar refractivity (Wildman–Crippen MR) is 125 cm³/mol. The number of aromatic nitrogens is 1. The standard InChI is InChI=1S/C25H29FN4O4/c1-14-11-30(24(32)33-14)16-6-7-17(20(26)9-16)15-5-8-21(27-10-15)29-12-18-19(13-29)22(18)28-23(31)34-25(2,3)4/h5-10,14,18-19,22H,11-13H2,1-4H3,(H,28,31)/t14-,18-,19+,22?/m1/s1. The van der Waals surface area contributed by atoms with Crippen molar-refractivity contribution in [3.05, 3.63) is 42.3 Å². The van der Waals surface area contributed by atoms with Gasteiger partial charge in [-0.1, -0.05) is 0 Å².